The smallest absolute Gasteiger partial charge is 0.229 e. The highest BCUT2D eigenvalue weighted by molar-refractivity contribution is 6.12. The zero-order valence-corrected chi connectivity index (χ0v) is 24.0. The molecule has 41 heavy (non-hydrogen) atoms. The molecule has 0 saturated heterocycles. The Morgan fingerprint density at radius 2 is 2.05 bits per heavy atom. The van der Waals surface area contributed by atoms with Gasteiger partial charge in [-0.15, -0.1) is 0 Å². The van der Waals surface area contributed by atoms with Crippen LogP contribution in [0.3, 0.4) is 0 Å². The average molecular weight is 551 g/mol. The highest BCUT2D eigenvalue weighted by atomic mass is 16.2. The molecule has 5 heterocycles. The number of nitrogens with one attached hydrogen (secondary N) is 3. The standard InChI is InChI=1S/C30H34N10O/c1-18(36-29(41)30(3,4)5)11-21(12-31-6)22-8-7-20-13-32-9-10-34-27(25(20)37-22)28-38-23-14-33-15-24(26(23)39-28)40-16-19(2)35-17-40/h7-8,11-12,14-17,32H,6,9-10,13H2,1-5H3,(H,36,41)(H,38,39)/b18-11+,21-12+,34-27?. The van der Waals surface area contributed by atoms with Gasteiger partial charge in [0, 0.05) is 42.2 Å². The van der Waals surface area contributed by atoms with Crippen molar-refractivity contribution < 1.29 is 4.79 Å². The zero-order chi connectivity index (χ0) is 29.1. The van der Waals surface area contributed by atoms with E-state index in [0.717, 1.165) is 34.5 Å². The number of aliphatic imine (C=N–C) groups is 2. The Kier molecular flexibility index (Phi) is 7.71. The number of pyridine rings is 2. The van der Waals surface area contributed by atoms with E-state index in [1.807, 2.05) is 63.6 Å². The third-order valence-corrected chi connectivity index (χ3v) is 6.56. The highest BCUT2D eigenvalue weighted by Gasteiger charge is 2.23. The normalized spacial score (nSPS) is 14.7. The number of carbonyl (C=O) groups is 1. The minimum Gasteiger partial charge on any atom is -0.335 e. The van der Waals surface area contributed by atoms with Crippen molar-refractivity contribution in [3.05, 3.63) is 83.5 Å². The number of amides is 1. The summed E-state index contributed by atoms with van der Waals surface area (Å²) >= 11 is 0. The van der Waals surface area contributed by atoms with E-state index in [0.29, 0.717) is 47.3 Å². The van der Waals surface area contributed by atoms with Crippen molar-refractivity contribution >= 4 is 34.9 Å². The van der Waals surface area contributed by atoms with Crippen LogP contribution in [-0.4, -0.2) is 60.9 Å². The zero-order valence-electron chi connectivity index (χ0n) is 24.0. The van der Waals surface area contributed by atoms with Gasteiger partial charge in [0.25, 0.3) is 0 Å². The Hall–Kier alpha value is -4.77. The molecule has 0 unspecified atom stereocenters. The van der Waals surface area contributed by atoms with Gasteiger partial charge in [-0.3, -0.25) is 19.8 Å². The molecular formula is C30H34N10O. The number of rotatable bonds is 6. The summed E-state index contributed by atoms with van der Waals surface area (Å²) in [4.78, 5) is 43.6. The molecule has 0 aliphatic carbocycles. The lowest BCUT2D eigenvalue weighted by molar-refractivity contribution is -0.127. The van der Waals surface area contributed by atoms with Gasteiger partial charge >= 0.3 is 0 Å². The first kappa shape index (κ1) is 27.8. The molecule has 4 aromatic heterocycles. The summed E-state index contributed by atoms with van der Waals surface area (Å²) in [5, 5.41) is 6.38. The molecule has 0 bridgehead atoms. The highest BCUT2D eigenvalue weighted by Crippen LogP contribution is 2.24. The second-order valence-electron chi connectivity index (χ2n) is 11.0. The number of allylic oxidation sites excluding steroid dienone is 3. The van der Waals surface area contributed by atoms with E-state index in [-0.39, 0.29) is 5.91 Å². The van der Waals surface area contributed by atoms with E-state index in [4.69, 9.17) is 15.0 Å². The maximum atomic E-state index is 12.5. The second kappa shape index (κ2) is 11.4. The summed E-state index contributed by atoms with van der Waals surface area (Å²) in [6.07, 6.45) is 10.7. The lowest BCUT2D eigenvalue weighted by Crippen LogP contribution is -2.33. The molecular weight excluding hydrogens is 516 g/mol. The molecule has 1 aliphatic rings. The van der Waals surface area contributed by atoms with Gasteiger partial charge in [-0.2, -0.15) is 0 Å². The van der Waals surface area contributed by atoms with Crippen LogP contribution < -0.4 is 10.6 Å². The van der Waals surface area contributed by atoms with Crippen molar-refractivity contribution in [2.45, 2.75) is 41.2 Å². The predicted molar refractivity (Wildman–Crippen MR) is 161 cm³/mol. The molecule has 0 aromatic carbocycles. The number of fused-ring (bicyclic) bond motifs is 2. The van der Waals surface area contributed by atoms with E-state index in [1.165, 1.54) is 0 Å². The van der Waals surface area contributed by atoms with Crippen molar-refractivity contribution in [1.29, 1.82) is 0 Å². The van der Waals surface area contributed by atoms with Gasteiger partial charge in [-0.05, 0) is 38.3 Å². The lowest BCUT2D eigenvalue weighted by Gasteiger charge is -2.18. The van der Waals surface area contributed by atoms with Crippen molar-refractivity contribution in [2.75, 3.05) is 13.1 Å². The van der Waals surface area contributed by atoms with Crippen LogP contribution in [0.5, 0.6) is 0 Å². The van der Waals surface area contributed by atoms with Crippen LogP contribution in [-0.2, 0) is 11.3 Å². The lowest BCUT2D eigenvalue weighted by atomic mass is 9.95. The molecule has 5 rings (SSSR count). The topological polar surface area (TPSA) is 138 Å². The third kappa shape index (κ3) is 6.04. The molecule has 210 valence electrons. The fourth-order valence-corrected chi connectivity index (χ4v) is 4.41. The molecule has 11 nitrogen and oxygen atoms in total. The molecule has 11 heteroatoms. The molecule has 0 fully saturated rings. The van der Waals surface area contributed by atoms with Gasteiger partial charge in [-0.25, -0.2) is 15.0 Å². The fourth-order valence-electron chi connectivity index (χ4n) is 4.41. The SMILES string of the molecule is C=N/C=C(\C=C(/C)NC(=O)C(C)(C)C)c1ccc2c(n1)C(c1nc3c(-n4cnc(C)c4)cncc3[nH]1)=NCCNC2. The molecule has 1 amide bonds. The average Bonchev–Trinajstić information content (AvgIpc) is 3.54. The van der Waals surface area contributed by atoms with E-state index in [2.05, 4.69) is 37.3 Å². The Morgan fingerprint density at radius 1 is 1.22 bits per heavy atom. The molecule has 0 saturated carbocycles. The minimum atomic E-state index is -0.520. The Labute approximate surface area is 238 Å². The number of aryl methyl sites for hydroxylation is 1. The number of nitrogens with zero attached hydrogens (tertiary/aromatic N) is 7. The summed E-state index contributed by atoms with van der Waals surface area (Å²) in [7, 11) is 0. The van der Waals surface area contributed by atoms with Gasteiger partial charge in [0.2, 0.25) is 5.91 Å². The molecule has 1 aliphatic heterocycles. The second-order valence-corrected chi connectivity index (χ2v) is 11.0. The van der Waals surface area contributed by atoms with Crippen LogP contribution in [0, 0.1) is 12.3 Å². The van der Waals surface area contributed by atoms with Crippen LogP contribution in [0.15, 0.2) is 65.0 Å². The first-order valence-corrected chi connectivity index (χ1v) is 13.4. The van der Waals surface area contributed by atoms with Gasteiger partial charge in [0.1, 0.15) is 11.2 Å². The number of hydrogen-bond donors (Lipinski definition) is 3. The maximum Gasteiger partial charge on any atom is 0.229 e. The summed E-state index contributed by atoms with van der Waals surface area (Å²) in [5.74, 6) is 0.531. The van der Waals surface area contributed by atoms with Crippen LogP contribution in [0.4, 0.5) is 0 Å². The van der Waals surface area contributed by atoms with Gasteiger partial charge < -0.3 is 20.2 Å². The van der Waals surface area contributed by atoms with Crippen LogP contribution >= 0.6 is 0 Å². The predicted octanol–water partition coefficient (Wildman–Crippen LogP) is 3.90. The number of carbonyl (C=O) groups excluding carboxylic acids is 1. The van der Waals surface area contributed by atoms with Crippen LogP contribution in [0.2, 0.25) is 0 Å². The van der Waals surface area contributed by atoms with E-state index >= 15 is 0 Å². The van der Waals surface area contributed by atoms with Gasteiger partial charge in [0.15, 0.2) is 5.82 Å². The van der Waals surface area contributed by atoms with Crippen LogP contribution in [0.25, 0.3) is 22.3 Å². The minimum absolute atomic E-state index is 0.0756. The first-order valence-electron chi connectivity index (χ1n) is 13.4. The number of hydrogen-bond acceptors (Lipinski definition) is 8. The van der Waals surface area contributed by atoms with Crippen molar-refractivity contribution in [2.24, 2.45) is 15.4 Å². The molecule has 0 radical (unpaired) electrons. The molecule has 4 aromatic rings. The van der Waals surface area contributed by atoms with Gasteiger partial charge in [0.05, 0.1) is 53.6 Å². The summed E-state index contributed by atoms with van der Waals surface area (Å²) < 4.78 is 1.91. The third-order valence-electron chi connectivity index (χ3n) is 6.56. The Balaban J connectivity index is 1.58. The monoisotopic (exact) mass is 550 g/mol. The number of imidazole rings is 2. The fraction of sp³-hybridized carbons (Fsp3) is 0.300. The first-order chi connectivity index (χ1) is 19.6. The van der Waals surface area contributed by atoms with Crippen molar-refractivity contribution in [1.82, 2.24) is 40.1 Å². The number of H-pyrrole nitrogens is 1. The number of aromatic amines is 1. The van der Waals surface area contributed by atoms with Crippen LogP contribution in [0.1, 0.15) is 56.2 Å². The quantitative estimate of drug-likeness (QED) is 0.246. The van der Waals surface area contributed by atoms with E-state index in [1.54, 1.807) is 24.9 Å². The van der Waals surface area contributed by atoms with E-state index < -0.39 is 5.41 Å². The van der Waals surface area contributed by atoms with Crippen molar-refractivity contribution in [3.8, 4) is 5.69 Å². The van der Waals surface area contributed by atoms with E-state index in [9.17, 15) is 4.79 Å². The molecule has 0 spiro atoms. The molecule has 3 N–H and O–H groups in total. The summed E-state index contributed by atoms with van der Waals surface area (Å²) in [6, 6.07) is 3.97. The number of aromatic nitrogens is 6. The molecule has 0 atom stereocenters. The summed E-state index contributed by atoms with van der Waals surface area (Å²) in [6.45, 7) is 15.0. The largest absolute Gasteiger partial charge is 0.335 e. The Bertz CT molecular complexity index is 1710. The summed E-state index contributed by atoms with van der Waals surface area (Å²) in [5.41, 5.74) is 7.17. The van der Waals surface area contributed by atoms with Crippen molar-refractivity contribution in [3.63, 3.8) is 0 Å². The maximum absolute atomic E-state index is 12.5. The van der Waals surface area contributed by atoms with Gasteiger partial charge in [-0.1, -0.05) is 26.8 Å². The Morgan fingerprint density at radius 3 is 2.78 bits per heavy atom.